The normalized spacial score (nSPS) is 22.0. The fraction of sp³-hybridized carbons (Fsp3) is 0.571. The molecular weight excluding hydrogens is 399 g/mol. The molecule has 1 saturated heterocycles. The Bertz CT molecular complexity index is 726. The van der Waals surface area contributed by atoms with E-state index in [4.69, 9.17) is 37.4 Å². The largest absolute Gasteiger partial charge is 0.379 e. The molecule has 2 atom stereocenters. The summed E-state index contributed by atoms with van der Waals surface area (Å²) in [7, 11) is 0. The van der Waals surface area contributed by atoms with E-state index < -0.39 is 5.79 Å². The van der Waals surface area contributed by atoms with Crippen LogP contribution < -0.4 is 0 Å². The van der Waals surface area contributed by atoms with Crippen molar-refractivity contribution in [3.8, 4) is 0 Å². The van der Waals surface area contributed by atoms with Crippen molar-refractivity contribution in [2.45, 2.75) is 57.5 Å². The van der Waals surface area contributed by atoms with Gasteiger partial charge in [0.2, 0.25) is 5.79 Å². The number of rotatable bonds is 11. The topological polar surface area (TPSA) is 45.5 Å². The molecule has 1 fully saturated rings. The zero-order valence-electron chi connectivity index (χ0n) is 16.3. The predicted octanol–water partition coefficient (Wildman–Crippen LogP) is 5.45. The third-order valence-electron chi connectivity index (χ3n) is 4.85. The van der Waals surface area contributed by atoms with Crippen molar-refractivity contribution in [2.75, 3.05) is 19.8 Å². The summed E-state index contributed by atoms with van der Waals surface area (Å²) < 4.78 is 20.3. The number of benzene rings is 1. The van der Waals surface area contributed by atoms with Gasteiger partial charge in [0.1, 0.15) is 6.10 Å². The number of imidazole rings is 1. The number of halogens is 2. The molecule has 1 aliphatic rings. The van der Waals surface area contributed by atoms with Gasteiger partial charge in [-0.05, 0) is 18.6 Å². The average molecular weight is 427 g/mol. The Labute approximate surface area is 176 Å². The monoisotopic (exact) mass is 426 g/mol. The lowest BCUT2D eigenvalue weighted by atomic mass is 10.1. The summed E-state index contributed by atoms with van der Waals surface area (Å²) in [6.07, 6.45) is 11.3. The van der Waals surface area contributed by atoms with Crippen LogP contribution in [-0.4, -0.2) is 35.5 Å². The summed E-state index contributed by atoms with van der Waals surface area (Å²) in [5, 5.41) is 1.09. The lowest BCUT2D eigenvalue weighted by Gasteiger charge is -2.30. The standard InChI is InChI=1S/C21H28Cl2N2O3/c1-2-3-4-5-6-11-26-13-18-14-27-21(28-18,15-25-10-9-24-16-25)19-8-7-17(22)12-20(19)23/h7-10,12,16,18H,2-6,11,13-15H2,1H3/t18-,21-/m1/s1. The molecule has 154 valence electrons. The molecule has 0 unspecified atom stereocenters. The highest BCUT2D eigenvalue weighted by Gasteiger charge is 2.45. The second kappa shape index (κ2) is 10.6. The van der Waals surface area contributed by atoms with Crippen LogP contribution >= 0.6 is 23.2 Å². The van der Waals surface area contributed by atoms with Crippen LogP contribution in [0, 0.1) is 0 Å². The van der Waals surface area contributed by atoms with E-state index in [2.05, 4.69) is 11.9 Å². The first-order chi connectivity index (χ1) is 13.6. The van der Waals surface area contributed by atoms with Gasteiger partial charge in [-0.2, -0.15) is 0 Å². The van der Waals surface area contributed by atoms with Crippen LogP contribution in [0.4, 0.5) is 0 Å². The molecule has 2 heterocycles. The van der Waals surface area contributed by atoms with Crippen molar-refractivity contribution in [3.63, 3.8) is 0 Å². The first-order valence-corrected chi connectivity index (χ1v) is 10.7. The first kappa shape index (κ1) is 21.6. The molecule has 0 bridgehead atoms. The number of nitrogens with zero attached hydrogens (tertiary/aromatic N) is 2. The Kier molecular flexibility index (Phi) is 8.18. The number of ether oxygens (including phenoxy) is 3. The highest BCUT2D eigenvalue weighted by Crippen LogP contribution is 2.40. The van der Waals surface area contributed by atoms with Crippen molar-refractivity contribution in [1.29, 1.82) is 0 Å². The van der Waals surface area contributed by atoms with E-state index >= 15 is 0 Å². The summed E-state index contributed by atoms with van der Waals surface area (Å²) in [6, 6.07) is 5.37. The van der Waals surface area contributed by atoms with Crippen LogP contribution in [0.15, 0.2) is 36.9 Å². The second-order valence-corrected chi connectivity index (χ2v) is 8.00. The van der Waals surface area contributed by atoms with E-state index in [1.54, 1.807) is 24.7 Å². The quantitative estimate of drug-likeness (QED) is 0.448. The fourth-order valence-electron chi connectivity index (χ4n) is 3.40. The Morgan fingerprint density at radius 2 is 2.11 bits per heavy atom. The van der Waals surface area contributed by atoms with Crippen LogP contribution in [0.5, 0.6) is 0 Å². The number of unbranched alkanes of at least 4 members (excludes halogenated alkanes) is 4. The molecule has 0 spiro atoms. The first-order valence-electron chi connectivity index (χ1n) is 9.94. The van der Waals surface area contributed by atoms with E-state index in [1.807, 2.05) is 16.8 Å². The smallest absolute Gasteiger partial charge is 0.215 e. The lowest BCUT2D eigenvalue weighted by molar-refractivity contribution is -0.191. The molecular formula is C21H28Cl2N2O3. The fourth-order valence-corrected chi connectivity index (χ4v) is 3.95. The summed E-state index contributed by atoms with van der Waals surface area (Å²) in [5.41, 5.74) is 0.759. The number of aromatic nitrogens is 2. The van der Waals surface area contributed by atoms with E-state index in [-0.39, 0.29) is 6.10 Å². The van der Waals surface area contributed by atoms with Gasteiger partial charge in [0.25, 0.3) is 0 Å². The van der Waals surface area contributed by atoms with Crippen LogP contribution in [-0.2, 0) is 26.5 Å². The molecule has 1 aromatic heterocycles. The lowest BCUT2D eigenvalue weighted by Crippen LogP contribution is -2.34. The van der Waals surface area contributed by atoms with Crippen molar-refractivity contribution >= 4 is 23.2 Å². The predicted molar refractivity (Wildman–Crippen MR) is 111 cm³/mol. The molecule has 1 aromatic carbocycles. The van der Waals surface area contributed by atoms with Gasteiger partial charge in [-0.3, -0.25) is 0 Å². The molecule has 1 aliphatic heterocycles. The van der Waals surface area contributed by atoms with Crippen molar-refractivity contribution in [1.82, 2.24) is 9.55 Å². The van der Waals surface area contributed by atoms with Crippen molar-refractivity contribution in [2.24, 2.45) is 0 Å². The van der Waals surface area contributed by atoms with E-state index in [0.717, 1.165) is 18.6 Å². The van der Waals surface area contributed by atoms with Gasteiger partial charge in [0.05, 0.1) is 31.1 Å². The number of hydrogen-bond donors (Lipinski definition) is 0. The SMILES string of the molecule is CCCCCCCOC[C@@H]1CO[C@@](Cn2ccnc2)(c2ccc(Cl)cc2Cl)O1. The van der Waals surface area contributed by atoms with Gasteiger partial charge < -0.3 is 18.8 Å². The Hall–Kier alpha value is -1.11. The maximum atomic E-state index is 6.47. The molecule has 0 aliphatic carbocycles. The van der Waals surface area contributed by atoms with E-state index in [1.165, 1.54) is 25.7 Å². The van der Waals surface area contributed by atoms with Gasteiger partial charge in [0, 0.05) is 29.6 Å². The molecule has 2 aromatic rings. The van der Waals surface area contributed by atoms with Gasteiger partial charge >= 0.3 is 0 Å². The summed E-state index contributed by atoms with van der Waals surface area (Å²) >= 11 is 12.5. The van der Waals surface area contributed by atoms with Gasteiger partial charge in [-0.1, -0.05) is 61.9 Å². The highest BCUT2D eigenvalue weighted by molar-refractivity contribution is 6.35. The molecule has 0 radical (unpaired) electrons. The second-order valence-electron chi connectivity index (χ2n) is 7.15. The highest BCUT2D eigenvalue weighted by atomic mass is 35.5. The number of hydrogen-bond acceptors (Lipinski definition) is 4. The van der Waals surface area contributed by atoms with Crippen LogP contribution in [0.3, 0.4) is 0 Å². The molecule has 5 nitrogen and oxygen atoms in total. The molecule has 0 N–H and O–H groups in total. The summed E-state index contributed by atoms with van der Waals surface area (Å²) in [4.78, 5) is 4.11. The van der Waals surface area contributed by atoms with E-state index in [9.17, 15) is 0 Å². The van der Waals surface area contributed by atoms with Crippen LogP contribution in [0.2, 0.25) is 10.0 Å². The Morgan fingerprint density at radius 1 is 1.25 bits per heavy atom. The Balaban J connectivity index is 1.61. The minimum Gasteiger partial charge on any atom is -0.379 e. The summed E-state index contributed by atoms with van der Waals surface area (Å²) in [6.45, 7) is 4.37. The minimum atomic E-state index is -0.989. The van der Waals surface area contributed by atoms with E-state index in [0.29, 0.717) is 29.8 Å². The zero-order valence-corrected chi connectivity index (χ0v) is 17.8. The third-order valence-corrected chi connectivity index (χ3v) is 5.39. The van der Waals surface area contributed by atoms with Crippen LogP contribution in [0.25, 0.3) is 0 Å². The van der Waals surface area contributed by atoms with Gasteiger partial charge in [-0.15, -0.1) is 0 Å². The maximum Gasteiger partial charge on any atom is 0.215 e. The van der Waals surface area contributed by atoms with Gasteiger partial charge in [0.15, 0.2) is 0 Å². The van der Waals surface area contributed by atoms with Crippen LogP contribution in [0.1, 0.15) is 44.6 Å². The molecule has 28 heavy (non-hydrogen) atoms. The molecule has 3 rings (SSSR count). The third kappa shape index (κ3) is 5.71. The minimum absolute atomic E-state index is 0.147. The Morgan fingerprint density at radius 3 is 2.86 bits per heavy atom. The molecule has 0 amide bonds. The summed E-state index contributed by atoms with van der Waals surface area (Å²) in [5.74, 6) is -0.989. The van der Waals surface area contributed by atoms with Crippen molar-refractivity contribution < 1.29 is 14.2 Å². The van der Waals surface area contributed by atoms with Crippen molar-refractivity contribution in [3.05, 3.63) is 52.5 Å². The zero-order chi connectivity index (χ0) is 19.8. The van der Waals surface area contributed by atoms with Gasteiger partial charge in [-0.25, -0.2) is 4.98 Å². The maximum absolute atomic E-state index is 6.47. The average Bonchev–Trinajstić information content (AvgIpc) is 3.32. The molecule has 7 heteroatoms. The molecule has 0 saturated carbocycles.